The van der Waals surface area contributed by atoms with E-state index in [2.05, 4.69) is 43.7 Å². The predicted molar refractivity (Wildman–Crippen MR) is 131 cm³/mol. The molecule has 1 aliphatic rings. The van der Waals surface area contributed by atoms with Crippen LogP contribution in [0.2, 0.25) is 0 Å². The number of carbonyl (C=O) groups excluding carboxylic acids is 1. The lowest BCUT2D eigenvalue weighted by Gasteiger charge is -2.35. The number of furan rings is 1. The molecule has 2 N–H and O–H groups in total. The number of hydrogen-bond donors (Lipinski definition) is 2. The molecule has 5 aromatic rings. The standard InChI is InChI=1S/C26H18N4O3S/c31-24(27-25-30-29-23(33-25)22-7-4-13-32-22)26(20-5-2-1-3-6-20)12-10-18-15-17(8-9-21(18)28-26)19-11-14-34-16-19/h1-16,28H,(H,27,30,31). The molecular weight excluding hydrogens is 448 g/mol. The molecule has 166 valence electrons. The maximum atomic E-state index is 13.7. The van der Waals surface area contributed by atoms with Crippen LogP contribution in [0.3, 0.4) is 0 Å². The summed E-state index contributed by atoms with van der Waals surface area (Å²) in [6.45, 7) is 0. The largest absolute Gasteiger partial charge is 0.459 e. The fourth-order valence-corrected chi connectivity index (χ4v) is 4.66. The van der Waals surface area contributed by atoms with Crippen molar-refractivity contribution in [2.75, 3.05) is 10.6 Å². The van der Waals surface area contributed by atoms with Gasteiger partial charge in [0.2, 0.25) is 0 Å². The minimum absolute atomic E-state index is 0.0134. The first kappa shape index (κ1) is 20.2. The molecule has 0 saturated carbocycles. The Hall–Kier alpha value is -4.43. The smallest absolute Gasteiger partial charge is 0.322 e. The average Bonchev–Trinajstić information content (AvgIpc) is 3.67. The van der Waals surface area contributed by atoms with E-state index in [0.29, 0.717) is 5.76 Å². The van der Waals surface area contributed by atoms with E-state index in [9.17, 15) is 4.79 Å². The summed E-state index contributed by atoms with van der Waals surface area (Å²) in [6, 6.07) is 21.2. The number of aromatic nitrogens is 2. The van der Waals surface area contributed by atoms with Gasteiger partial charge in [-0.3, -0.25) is 10.1 Å². The van der Waals surface area contributed by atoms with Gasteiger partial charge in [0, 0.05) is 5.69 Å². The van der Waals surface area contributed by atoms with Crippen molar-refractivity contribution >= 4 is 35.0 Å². The van der Waals surface area contributed by atoms with Gasteiger partial charge in [-0.15, -0.1) is 5.10 Å². The number of anilines is 2. The van der Waals surface area contributed by atoms with Crippen LogP contribution in [0.4, 0.5) is 11.7 Å². The molecule has 0 bridgehead atoms. The third kappa shape index (κ3) is 3.50. The van der Waals surface area contributed by atoms with E-state index in [4.69, 9.17) is 8.83 Å². The first-order chi connectivity index (χ1) is 16.7. The summed E-state index contributed by atoms with van der Waals surface area (Å²) < 4.78 is 10.9. The summed E-state index contributed by atoms with van der Waals surface area (Å²) in [4.78, 5) is 13.7. The van der Waals surface area contributed by atoms with Crippen molar-refractivity contribution in [3.8, 4) is 22.8 Å². The number of thiophene rings is 1. The Morgan fingerprint density at radius 3 is 2.71 bits per heavy atom. The van der Waals surface area contributed by atoms with Crippen LogP contribution in [0.15, 0.2) is 98.7 Å². The molecule has 8 heteroatoms. The number of nitrogens with one attached hydrogen (secondary N) is 2. The van der Waals surface area contributed by atoms with Crippen molar-refractivity contribution < 1.29 is 13.6 Å². The van der Waals surface area contributed by atoms with Crippen molar-refractivity contribution in [2.24, 2.45) is 0 Å². The molecule has 0 saturated heterocycles. The maximum Gasteiger partial charge on any atom is 0.322 e. The SMILES string of the molecule is O=C(Nc1nnc(-c2ccco2)o1)C1(c2ccccc2)C=Cc2cc(-c3ccsc3)ccc2N1. The van der Waals surface area contributed by atoms with Crippen molar-refractivity contribution in [1.82, 2.24) is 10.2 Å². The van der Waals surface area contributed by atoms with Crippen LogP contribution >= 0.6 is 11.3 Å². The Labute approximate surface area is 198 Å². The lowest BCUT2D eigenvalue weighted by Crippen LogP contribution is -2.46. The maximum absolute atomic E-state index is 13.7. The van der Waals surface area contributed by atoms with Gasteiger partial charge in [0.1, 0.15) is 0 Å². The fourth-order valence-electron chi connectivity index (χ4n) is 3.99. The molecule has 2 aromatic carbocycles. The average molecular weight is 467 g/mol. The molecule has 0 radical (unpaired) electrons. The minimum atomic E-state index is -1.17. The molecule has 1 atom stereocenters. The van der Waals surface area contributed by atoms with E-state index in [0.717, 1.165) is 22.4 Å². The summed E-state index contributed by atoms with van der Waals surface area (Å²) in [5.41, 5.74) is 3.75. The molecule has 6 rings (SSSR count). The molecule has 1 amide bonds. The fraction of sp³-hybridized carbons (Fsp3) is 0.0385. The second-order valence-corrected chi connectivity index (χ2v) is 8.57. The summed E-state index contributed by atoms with van der Waals surface area (Å²) in [6.07, 6.45) is 5.34. The van der Waals surface area contributed by atoms with Gasteiger partial charge in [-0.25, -0.2) is 0 Å². The Bertz CT molecular complexity index is 1470. The summed E-state index contributed by atoms with van der Waals surface area (Å²) in [7, 11) is 0. The van der Waals surface area contributed by atoms with E-state index in [-0.39, 0.29) is 17.8 Å². The Balaban J connectivity index is 1.35. The molecule has 0 aliphatic carbocycles. The Morgan fingerprint density at radius 1 is 1.00 bits per heavy atom. The van der Waals surface area contributed by atoms with Gasteiger partial charge in [-0.05, 0) is 69.4 Å². The first-order valence-electron chi connectivity index (χ1n) is 10.6. The van der Waals surface area contributed by atoms with Crippen LogP contribution in [0.1, 0.15) is 11.1 Å². The van der Waals surface area contributed by atoms with Crippen molar-refractivity contribution in [3.63, 3.8) is 0 Å². The zero-order valence-electron chi connectivity index (χ0n) is 17.8. The Morgan fingerprint density at radius 2 is 1.91 bits per heavy atom. The minimum Gasteiger partial charge on any atom is -0.459 e. The summed E-state index contributed by atoms with van der Waals surface area (Å²) in [5.74, 6) is 0.265. The van der Waals surface area contributed by atoms with Gasteiger partial charge in [0.15, 0.2) is 11.3 Å². The van der Waals surface area contributed by atoms with Gasteiger partial charge >= 0.3 is 6.01 Å². The van der Waals surface area contributed by atoms with Gasteiger partial charge in [-0.1, -0.05) is 47.6 Å². The van der Waals surface area contributed by atoms with Crippen LogP contribution in [-0.4, -0.2) is 16.1 Å². The molecule has 0 spiro atoms. The summed E-state index contributed by atoms with van der Waals surface area (Å²) in [5, 5.41) is 18.3. The second kappa shape index (κ2) is 8.17. The number of benzene rings is 2. The first-order valence-corrected chi connectivity index (χ1v) is 11.5. The molecule has 0 fully saturated rings. The zero-order chi connectivity index (χ0) is 23.0. The highest BCUT2D eigenvalue weighted by molar-refractivity contribution is 7.08. The topological polar surface area (TPSA) is 93.2 Å². The molecular formula is C26H18N4O3S. The third-order valence-corrected chi connectivity index (χ3v) is 6.40. The van der Waals surface area contributed by atoms with E-state index < -0.39 is 5.54 Å². The molecule has 34 heavy (non-hydrogen) atoms. The van der Waals surface area contributed by atoms with E-state index >= 15 is 0 Å². The highest BCUT2D eigenvalue weighted by Gasteiger charge is 2.41. The molecule has 4 heterocycles. The summed E-state index contributed by atoms with van der Waals surface area (Å²) >= 11 is 1.66. The number of rotatable bonds is 5. The van der Waals surface area contributed by atoms with Gasteiger partial charge in [-0.2, -0.15) is 11.3 Å². The van der Waals surface area contributed by atoms with E-state index in [1.807, 2.05) is 54.6 Å². The quantitative estimate of drug-likeness (QED) is 0.328. The molecule has 3 aromatic heterocycles. The number of amides is 1. The Kier molecular flexibility index (Phi) is 4.85. The van der Waals surface area contributed by atoms with Crippen molar-refractivity contribution in [2.45, 2.75) is 5.54 Å². The van der Waals surface area contributed by atoms with Gasteiger partial charge in [0.05, 0.1) is 6.26 Å². The van der Waals surface area contributed by atoms with E-state index in [1.165, 1.54) is 11.8 Å². The third-order valence-electron chi connectivity index (χ3n) is 5.72. The monoisotopic (exact) mass is 466 g/mol. The lowest BCUT2D eigenvalue weighted by molar-refractivity contribution is -0.119. The van der Waals surface area contributed by atoms with E-state index in [1.54, 1.807) is 23.5 Å². The molecule has 1 aliphatic heterocycles. The number of nitrogens with zero attached hydrogens (tertiary/aromatic N) is 2. The van der Waals surface area contributed by atoms with Crippen LogP contribution < -0.4 is 10.6 Å². The van der Waals surface area contributed by atoms with Crippen molar-refractivity contribution in [1.29, 1.82) is 0 Å². The molecule has 7 nitrogen and oxygen atoms in total. The number of hydrogen-bond acceptors (Lipinski definition) is 7. The predicted octanol–water partition coefficient (Wildman–Crippen LogP) is 6.03. The highest BCUT2D eigenvalue weighted by Crippen LogP contribution is 2.38. The number of carbonyl (C=O) groups is 1. The van der Waals surface area contributed by atoms with Crippen molar-refractivity contribution in [3.05, 3.63) is 101 Å². The van der Waals surface area contributed by atoms with Crippen LogP contribution in [0.5, 0.6) is 0 Å². The van der Waals surface area contributed by atoms with Gasteiger partial charge < -0.3 is 14.2 Å². The zero-order valence-corrected chi connectivity index (χ0v) is 18.6. The highest BCUT2D eigenvalue weighted by atomic mass is 32.1. The molecule has 1 unspecified atom stereocenters. The second-order valence-electron chi connectivity index (χ2n) is 7.79. The van der Waals surface area contributed by atoms with Crippen LogP contribution in [0, 0.1) is 0 Å². The van der Waals surface area contributed by atoms with Crippen LogP contribution in [-0.2, 0) is 10.3 Å². The number of fused-ring (bicyclic) bond motifs is 1. The van der Waals surface area contributed by atoms with Crippen LogP contribution in [0.25, 0.3) is 28.9 Å². The normalized spacial score (nSPS) is 16.6. The van der Waals surface area contributed by atoms with Gasteiger partial charge in [0.25, 0.3) is 11.8 Å². The lowest BCUT2D eigenvalue weighted by atomic mass is 9.84.